The lowest BCUT2D eigenvalue weighted by Gasteiger charge is -2.43. The van der Waals surface area contributed by atoms with Gasteiger partial charge in [-0.3, -0.25) is 0 Å². The Balaban J connectivity index is 2.04. The Morgan fingerprint density at radius 2 is 1.71 bits per heavy atom. The van der Waals surface area contributed by atoms with Gasteiger partial charge in [0.15, 0.2) is 0 Å². The van der Waals surface area contributed by atoms with Gasteiger partial charge in [-0.05, 0) is 79.0 Å². The van der Waals surface area contributed by atoms with E-state index in [1.54, 1.807) is 19.1 Å². The number of fused-ring (bicyclic) bond motifs is 1. The van der Waals surface area contributed by atoms with Crippen molar-refractivity contribution in [2.24, 2.45) is 0 Å². The summed E-state index contributed by atoms with van der Waals surface area (Å²) < 4.78 is 11.7. The molecule has 0 amide bonds. The van der Waals surface area contributed by atoms with Crippen LogP contribution in [0.2, 0.25) is 0 Å². The van der Waals surface area contributed by atoms with Crippen LogP contribution in [0.1, 0.15) is 87.0 Å². The third kappa shape index (κ3) is 5.63. The fourth-order valence-corrected chi connectivity index (χ4v) is 4.44. The van der Waals surface area contributed by atoms with Crippen LogP contribution in [0.25, 0.3) is 0 Å². The maximum Gasteiger partial charge on any atom is 0.335 e. The van der Waals surface area contributed by atoms with Crippen molar-refractivity contribution in [1.29, 1.82) is 0 Å². The Morgan fingerprint density at radius 1 is 1.06 bits per heavy atom. The van der Waals surface area contributed by atoms with Gasteiger partial charge in [0.05, 0.1) is 12.2 Å². The molecule has 0 aliphatic heterocycles. The van der Waals surface area contributed by atoms with Gasteiger partial charge >= 0.3 is 5.97 Å². The minimum atomic E-state index is -1.42. The van der Waals surface area contributed by atoms with E-state index >= 15 is 0 Å². The monoisotopic (exact) mass is 464 g/mol. The fourth-order valence-electron chi connectivity index (χ4n) is 4.44. The third-order valence-corrected chi connectivity index (χ3v) is 6.72. The minimum absolute atomic E-state index is 0.0479. The summed E-state index contributed by atoms with van der Waals surface area (Å²) in [6.45, 7) is 14.2. The normalized spacial score (nSPS) is 17.6. The summed E-state index contributed by atoms with van der Waals surface area (Å²) in [4.78, 5) is 11.1. The van der Waals surface area contributed by atoms with Gasteiger partial charge < -0.3 is 19.7 Å². The molecule has 182 valence electrons. The van der Waals surface area contributed by atoms with E-state index in [1.165, 1.54) is 23.3 Å². The zero-order valence-electron chi connectivity index (χ0n) is 21.1. The van der Waals surface area contributed by atoms with Crippen LogP contribution in [0.5, 0.6) is 5.75 Å². The number of carboxylic acids is 1. The maximum atomic E-state index is 11.4. The molecule has 3 rings (SSSR count). The first kappa shape index (κ1) is 25.8. The molecule has 1 atom stereocenters. The van der Waals surface area contributed by atoms with Crippen LogP contribution < -0.4 is 4.74 Å². The molecule has 0 aromatic heterocycles. The van der Waals surface area contributed by atoms with Crippen molar-refractivity contribution in [2.75, 3.05) is 19.8 Å². The Hall–Kier alpha value is -2.81. The first-order valence-electron chi connectivity index (χ1n) is 11.9. The van der Waals surface area contributed by atoms with Gasteiger partial charge in [-0.1, -0.05) is 45.6 Å². The van der Waals surface area contributed by atoms with Crippen LogP contribution in [-0.2, 0) is 21.2 Å². The van der Waals surface area contributed by atoms with Gasteiger partial charge in [-0.2, -0.15) is 0 Å². The first-order valence-corrected chi connectivity index (χ1v) is 11.9. The predicted octanol–water partition coefficient (Wildman–Crippen LogP) is 5.41. The summed E-state index contributed by atoms with van der Waals surface area (Å²) in [5, 5.41) is 20.5. The van der Waals surface area contributed by atoms with E-state index in [0.717, 1.165) is 18.6 Å². The molecule has 0 saturated carbocycles. The molecule has 5 heteroatoms. The number of ether oxygens (including phenoxy) is 2. The lowest BCUT2D eigenvalue weighted by Crippen LogP contribution is -2.35. The predicted molar refractivity (Wildman–Crippen MR) is 134 cm³/mol. The highest BCUT2D eigenvalue weighted by molar-refractivity contribution is 5.87. The second-order valence-corrected chi connectivity index (χ2v) is 10.4. The van der Waals surface area contributed by atoms with Crippen LogP contribution >= 0.6 is 0 Å². The number of aromatic carboxylic acids is 1. The Labute approximate surface area is 203 Å². The highest BCUT2D eigenvalue weighted by Gasteiger charge is 2.40. The van der Waals surface area contributed by atoms with Crippen LogP contribution in [-0.4, -0.2) is 36.0 Å². The quantitative estimate of drug-likeness (QED) is 0.423. The third-order valence-electron chi connectivity index (χ3n) is 6.72. The number of aliphatic hydroxyl groups is 1. The molecule has 1 aliphatic rings. The molecule has 0 saturated heterocycles. The van der Waals surface area contributed by atoms with Crippen molar-refractivity contribution in [3.63, 3.8) is 0 Å². The number of benzene rings is 2. The summed E-state index contributed by atoms with van der Waals surface area (Å²) in [6, 6.07) is 10.3. The van der Waals surface area contributed by atoms with E-state index in [1.807, 2.05) is 13.0 Å². The summed E-state index contributed by atoms with van der Waals surface area (Å²) >= 11 is 0. The Kier molecular flexibility index (Phi) is 7.45. The highest BCUT2D eigenvalue weighted by Crippen LogP contribution is 2.50. The van der Waals surface area contributed by atoms with Crippen molar-refractivity contribution >= 4 is 5.97 Å². The van der Waals surface area contributed by atoms with Gasteiger partial charge in [0.25, 0.3) is 0 Å². The summed E-state index contributed by atoms with van der Waals surface area (Å²) in [6.07, 6.45) is 2.09. The molecule has 1 unspecified atom stereocenters. The number of carboxylic acid groups (broad SMARTS) is 1. The van der Waals surface area contributed by atoms with E-state index in [9.17, 15) is 9.90 Å². The molecule has 5 nitrogen and oxygen atoms in total. The topological polar surface area (TPSA) is 76.0 Å². The number of hydrogen-bond donors (Lipinski definition) is 2. The SMILES string of the molecule is CCOCCOc1cc(C(C)(O)C#Cc2ccc(C(=O)O)cc2)cc2c1C(C)(C)CCC2(C)C. The molecular formula is C29H36O5. The van der Waals surface area contributed by atoms with Crippen LogP contribution in [0.3, 0.4) is 0 Å². The summed E-state index contributed by atoms with van der Waals surface area (Å²) in [5.41, 5.74) is 2.36. The zero-order valence-corrected chi connectivity index (χ0v) is 21.1. The van der Waals surface area contributed by atoms with E-state index < -0.39 is 11.6 Å². The van der Waals surface area contributed by atoms with E-state index in [0.29, 0.717) is 30.9 Å². The van der Waals surface area contributed by atoms with Crippen molar-refractivity contribution in [3.05, 3.63) is 64.2 Å². The first-order chi connectivity index (χ1) is 15.9. The summed E-state index contributed by atoms with van der Waals surface area (Å²) in [7, 11) is 0. The second kappa shape index (κ2) is 9.82. The largest absolute Gasteiger partial charge is 0.491 e. The molecule has 1 aliphatic carbocycles. The van der Waals surface area contributed by atoms with Gasteiger partial charge in [0, 0.05) is 17.7 Å². The van der Waals surface area contributed by atoms with Gasteiger partial charge in [0.1, 0.15) is 18.0 Å². The van der Waals surface area contributed by atoms with E-state index in [2.05, 4.69) is 45.6 Å². The standard InChI is InChI=1S/C29H36O5/c1-7-33-16-17-34-24-19-22(18-23-25(24)28(4,5)15-14-27(23,2)3)29(6,32)13-12-20-8-10-21(11-9-20)26(30)31/h8-11,18-19,32H,7,14-17H2,1-6H3,(H,30,31). The molecule has 0 fully saturated rings. The smallest absolute Gasteiger partial charge is 0.335 e. The van der Waals surface area contributed by atoms with E-state index in [4.69, 9.17) is 14.6 Å². The molecule has 2 N–H and O–H groups in total. The van der Waals surface area contributed by atoms with Gasteiger partial charge in [-0.15, -0.1) is 0 Å². The zero-order chi connectivity index (χ0) is 25.1. The minimum Gasteiger partial charge on any atom is -0.491 e. The van der Waals surface area contributed by atoms with Crippen molar-refractivity contribution in [1.82, 2.24) is 0 Å². The fraction of sp³-hybridized carbons (Fsp3) is 0.483. The number of carbonyl (C=O) groups is 1. The molecule has 0 bridgehead atoms. The molecule has 0 radical (unpaired) electrons. The van der Waals surface area contributed by atoms with Crippen molar-refractivity contribution in [2.45, 2.75) is 70.8 Å². The number of rotatable bonds is 7. The second-order valence-electron chi connectivity index (χ2n) is 10.4. The van der Waals surface area contributed by atoms with Crippen molar-refractivity contribution < 1.29 is 24.5 Å². The van der Waals surface area contributed by atoms with Crippen LogP contribution in [0.15, 0.2) is 36.4 Å². The average molecular weight is 465 g/mol. The molecule has 0 spiro atoms. The lowest BCUT2D eigenvalue weighted by atomic mass is 9.62. The molecule has 2 aromatic rings. The van der Waals surface area contributed by atoms with Gasteiger partial charge in [0.2, 0.25) is 0 Å². The molecule has 2 aromatic carbocycles. The summed E-state index contributed by atoms with van der Waals surface area (Å²) in [5.74, 6) is 5.76. The Bertz CT molecular complexity index is 1100. The Morgan fingerprint density at radius 3 is 2.32 bits per heavy atom. The average Bonchev–Trinajstić information content (AvgIpc) is 2.78. The molecule has 0 heterocycles. The number of hydrogen-bond acceptors (Lipinski definition) is 4. The van der Waals surface area contributed by atoms with Crippen molar-refractivity contribution in [3.8, 4) is 17.6 Å². The molecule has 34 heavy (non-hydrogen) atoms. The van der Waals surface area contributed by atoms with Crippen LogP contribution in [0, 0.1) is 11.8 Å². The highest BCUT2D eigenvalue weighted by atomic mass is 16.5. The molecular weight excluding hydrogens is 428 g/mol. The lowest BCUT2D eigenvalue weighted by molar-refractivity contribution is 0.0696. The van der Waals surface area contributed by atoms with Gasteiger partial charge in [-0.25, -0.2) is 4.79 Å². The van der Waals surface area contributed by atoms with Crippen LogP contribution in [0.4, 0.5) is 0 Å². The maximum absolute atomic E-state index is 11.4. The van der Waals surface area contributed by atoms with E-state index in [-0.39, 0.29) is 16.4 Å².